The SMILES string of the molecule is COc1ccc(C(=O)N2CCC3CCC(C2)N3)c(I)c1. The number of nitrogens with one attached hydrogen (secondary N) is 1. The normalized spacial score (nSPS) is 25.4. The molecule has 0 saturated carbocycles. The Morgan fingerprint density at radius 2 is 2.15 bits per heavy atom. The Kier molecular flexibility index (Phi) is 4.16. The van der Waals surface area contributed by atoms with E-state index in [1.165, 1.54) is 12.8 Å². The van der Waals surface area contributed by atoms with Crippen LogP contribution in [0.1, 0.15) is 29.6 Å². The maximum Gasteiger partial charge on any atom is 0.254 e. The minimum Gasteiger partial charge on any atom is -0.497 e. The van der Waals surface area contributed by atoms with Crippen molar-refractivity contribution in [1.82, 2.24) is 10.2 Å². The molecule has 0 aromatic heterocycles. The van der Waals surface area contributed by atoms with Gasteiger partial charge in [0.15, 0.2) is 0 Å². The Balaban J connectivity index is 1.78. The Morgan fingerprint density at radius 1 is 1.35 bits per heavy atom. The number of hydrogen-bond donors (Lipinski definition) is 1. The molecule has 1 amide bonds. The van der Waals surface area contributed by atoms with E-state index in [1.54, 1.807) is 7.11 Å². The minimum absolute atomic E-state index is 0.145. The molecule has 2 bridgehead atoms. The van der Waals surface area contributed by atoms with Gasteiger partial charge in [-0.3, -0.25) is 4.79 Å². The zero-order valence-corrected chi connectivity index (χ0v) is 13.7. The van der Waals surface area contributed by atoms with E-state index in [0.717, 1.165) is 34.4 Å². The van der Waals surface area contributed by atoms with Gasteiger partial charge < -0.3 is 15.0 Å². The third-order valence-corrected chi connectivity index (χ3v) is 5.11. The second kappa shape index (κ2) is 5.89. The first kappa shape index (κ1) is 14.1. The topological polar surface area (TPSA) is 41.6 Å². The van der Waals surface area contributed by atoms with Crippen molar-refractivity contribution in [3.8, 4) is 5.75 Å². The molecule has 3 rings (SSSR count). The van der Waals surface area contributed by atoms with Crippen LogP contribution in [0.3, 0.4) is 0 Å². The smallest absolute Gasteiger partial charge is 0.254 e. The lowest BCUT2D eigenvalue weighted by Crippen LogP contribution is -2.39. The van der Waals surface area contributed by atoms with Gasteiger partial charge in [0, 0.05) is 28.7 Å². The van der Waals surface area contributed by atoms with E-state index in [0.29, 0.717) is 12.1 Å². The first-order valence-electron chi connectivity index (χ1n) is 7.06. The summed E-state index contributed by atoms with van der Waals surface area (Å²) in [7, 11) is 1.64. The van der Waals surface area contributed by atoms with Crippen LogP contribution in [0.15, 0.2) is 18.2 Å². The molecule has 108 valence electrons. The predicted molar refractivity (Wildman–Crippen MR) is 86.2 cm³/mol. The molecule has 2 saturated heterocycles. The number of carbonyl (C=O) groups is 1. The van der Waals surface area contributed by atoms with Crippen LogP contribution in [-0.4, -0.2) is 43.1 Å². The monoisotopic (exact) mass is 386 g/mol. The highest BCUT2D eigenvalue weighted by Crippen LogP contribution is 2.24. The summed E-state index contributed by atoms with van der Waals surface area (Å²) in [5.41, 5.74) is 0.782. The van der Waals surface area contributed by atoms with E-state index in [9.17, 15) is 4.79 Å². The Labute approximate surface area is 133 Å². The van der Waals surface area contributed by atoms with E-state index in [-0.39, 0.29) is 5.91 Å². The Morgan fingerprint density at radius 3 is 2.90 bits per heavy atom. The van der Waals surface area contributed by atoms with Crippen LogP contribution in [0.5, 0.6) is 5.75 Å². The molecule has 2 fully saturated rings. The fourth-order valence-corrected chi connectivity index (χ4v) is 3.81. The first-order valence-corrected chi connectivity index (χ1v) is 8.14. The number of rotatable bonds is 2. The van der Waals surface area contributed by atoms with Gasteiger partial charge in [-0.15, -0.1) is 0 Å². The highest BCUT2D eigenvalue weighted by atomic mass is 127. The van der Waals surface area contributed by atoms with Gasteiger partial charge in [-0.2, -0.15) is 0 Å². The second-order valence-corrected chi connectivity index (χ2v) is 6.69. The molecule has 2 unspecified atom stereocenters. The van der Waals surface area contributed by atoms with Crippen molar-refractivity contribution in [3.63, 3.8) is 0 Å². The molecule has 1 aromatic carbocycles. The molecule has 0 radical (unpaired) electrons. The van der Waals surface area contributed by atoms with Crippen molar-refractivity contribution in [2.75, 3.05) is 20.2 Å². The van der Waals surface area contributed by atoms with Crippen LogP contribution in [0.25, 0.3) is 0 Å². The minimum atomic E-state index is 0.145. The first-order chi connectivity index (χ1) is 9.67. The number of benzene rings is 1. The van der Waals surface area contributed by atoms with Crippen LogP contribution >= 0.6 is 22.6 Å². The second-order valence-electron chi connectivity index (χ2n) is 5.52. The molecule has 20 heavy (non-hydrogen) atoms. The molecule has 2 atom stereocenters. The molecule has 1 N–H and O–H groups in total. The van der Waals surface area contributed by atoms with Crippen molar-refractivity contribution in [2.24, 2.45) is 0 Å². The lowest BCUT2D eigenvalue weighted by Gasteiger charge is -2.25. The molecule has 0 spiro atoms. The van der Waals surface area contributed by atoms with Crippen LogP contribution in [0.4, 0.5) is 0 Å². The maximum absolute atomic E-state index is 12.7. The molecule has 2 aliphatic heterocycles. The van der Waals surface area contributed by atoms with Gasteiger partial charge in [0.05, 0.1) is 12.7 Å². The summed E-state index contributed by atoms with van der Waals surface area (Å²) in [6.07, 6.45) is 3.51. The van der Waals surface area contributed by atoms with E-state index in [1.807, 2.05) is 23.1 Å². The van der Waals surface area contributed by atoms with Crippen molar-refractivity contribution in [3.05, 3.63) is 27.3 Å². The van der Waals surface area contributed by atoms with Gasteiger partial charge in [-0.05, 0) is 60.1 Å². The largest absolute Gasteiger partial charge is 0.497 e. The maximum atomic E-state index is 12.7. The number of nitrogens with zero attached hydrogens (tertiary/aromatic N) is 1. The number of halogens is 1. The number of carbonyl (C=O) groups excluding carboxylic acids is 1. The number of hydrogen-bond acceptors (Lipinski definition) is 3. The lowest BCUT2D eigenvalue weighted by atomic mass is 10.1. The summed E-state index contributed by atoms with van der Waals surface area (Å²) in [4.78, 5) is 14.7. The number of fused-ring (bicyclic) bond motifs is 2. The van der Waals surface area contributed by atoms with Crippen LogP contribution in [0.2, 0.25) is 0 Å². The van der Waals surface area contributed by atoms with Gasteiger partial charge in [-0.25, -0.2) is 0 Å². The number of amides is 1. The molecule has 2 aliphatic rings. The predicted octanol–water partition coefficient (Wildman–Crippen LogP) is 2.27. The number of likely N-dealkylation sites (tertiary alicyclic amines) is 1. The summed E-state index contributed by atoms with van der Waals surface area (Å²) < 4.78 is 6.15. The van der Waals surface area contributed by atoms with Crippen molar-refractivity contribution in [1.29, 1.82) is 0 Å². The fourth-order valence-electron chi connectivity index (χ4n) is 3.09. The average molecular weight is 386 g/mol. The standard InChI is InChI=1S/C15H19IN2O2/c1-20-12-4-5-13(14(16)8-12)15(19)18-7-6-10-2-3-11(9-18)17-10/h4-5,8,10-11,17H,2-3,6-7,9H2,1H3. The molecule has 2 heterocycles. The fraction of sp³-hybridized carbons (Fsp3) is 0.533. The summed E-state index contributed by atoms with van der Waals surface area (Å²) in [6, 6.07) is 6.72. The van der Waals surface area contributed by atoms with E-state index in [4.69, 9.17) is 4.74 Å². The van der Waals surface area contributed by atoms with E-state index in [2.05, 4.69) is 27.9 Å². The molecule has 5 heteroatoms. The van der Waals surface area contributed by atoms with Gasteiger partial charge in [0.25, 0.3) is 5.91 Å². The van der Waals surface area contributed by atoms with E-state index < -0.39 is 0 Å². The van der Waals surface area contributed by atoms with Crippen molar-refractivity contribution >= 4 is 28.5 Å². The molecule has 4 nitrogen and oxygen atoms in total. The Bertz CT molecular complexity index is 521. The Hall–Kier alpha value is -0.820. The van der Waals surface area contributed by atoms with Crippen LogP contribution < -0.4 is 10.1 Å². The highest BCUT2D eigenvalue weighted by molar-refractivity contribution is 14.1. The molecule has 0 aliphatic carbocycles. The molecule has 1 aromatic rings. The van der Waals surface area contributed by atoms with Gasteiger partial charge >= 0.3 is 0 Å². The summed E-state index contributed by atoms with van der Waals surface area (Å²) >= 11 is 2.21. The summed E-state index contributed by atoms with van der Waals surface area (Å²) in [5, 5.41) is 3.61. The number of methoxy groups -OCH3 is 1. The van der Waals surface area contributed by atoms with Gasteiger partial charge in [0.2, 0.25) is 0 Å². The van der Waals surface area contributed by atoms with E-state index >= 15 is 0 Å². The quantitative estimate of drug-likeness (QED) is 0.794. The van der Waals surface area contributed by atoms with Gasteiger partial charge in [-0.1, -0.05) is 0 Å². The highest BCUT2D eigenvalue weighted by Gasteiger charge is 2.31. The average Bonchev–Trinajstić information content (AvgIpc) is 2.77. The molecular formula is C15H19IN2O2. The number of ether oxygens (including phenoxy) is 1. The third kappa shape index (κ3) is 2.79. The lowest BCUT2D eigenvalue weighted by molar-refractivity contribution is 0.0747. The third-order valence-electron chi connectivity index (χ3n) is 4.22. The zero-order valence-electron chi connectivity index (χ0n) is 11.6. The van der Waals surface area contributed by atoms with Crippen LogP contribution in [-0.2, 0) is 0 Å². The van der Waals surface area contributed by atoms with Gasteiger partial charge in [0.1, 0.15) is 5.75 Å². The molecular weight excluding hydrogens is 367 g/mol. The van der Waals surface area contributed by atoms with Crippen molar-refractivity contribution < 1.29 is 9.53 Å². The van der Waals surface area contributed by atoms with Crippen LogP contribution in [0, 0.1) is 3.57 Å². The zero-order chi connectivity index (χ0) is 14.1. The van der Waals surface area contributed by atoms with Crippen molar-refractivity contribution in [2.45, 2.75) is 31.3 Å². The summed E-state index contributed by atoms with van der Waals surface area (Å²) in [5.74, 6) is 0.939. The summed E-state index contributed by atoms with van der Waals surface area (Å²) in [6.45, 7) is 1.69.